The Morgan fingerprint density at radius 2 is 2.25 bits per heavy atom. The summed E-state index contributed by atoms with van der Waals surface area (Å²) in [6, 6.07) is 0.687. The predicted octanol–water partition coefficient (Wildman–Crippen LogP) is 1.46. The van der Waals surface area contributed by atoms with Crippen molar-refractivity contribution in [3.8, 4) is 0 Å². The first-order chi connectivity index (χ1) is 7.59. The maximum Gasteiger partial charge on any atom is 0.410 e. The van der Waals surface area contributed by atoms with Crippen LogP contribution in [0.2, 0.25) is 0 Å². The van der Waals surface area contributed by atoms with Gasteiger partial charge in [-0.1, -0.05) is 13.8 Å². The zero-order chi connectivity index (χ0) is 11.7. The highest BCUT2D eigenvalue weighted by molar-refractivity contribution is 5.69. The van der Waals surface area contributed by atoms with Crippen LogP contribution in [0.1, 0.15) is 27.2 Å². The summed E-state index contributed by atoms with van der Waals surface area (Å²) in [4.78, 5) is 13.9. The van der Waals surface area contributed by atoms with Gasteiger partial charge in [0.2, 0.25) is 0 Å². The number of likely N-dealkylation sites (tertiary alicyclic amines) is 1. The van der Waals surface area contributed by atoms with E-state index < -0.39 is 0 Å². The van der Waals surface area contributed by atoms with Gasteiger partial charge in [0, 0.05) is 19.1 Å². The molecule has 4 heteroatoms. The number of carbonyl (C=O) groups is 1. The molecule has 2 saturated heterocycles. The highest BCUT2D eigenvalue weighted by atomic mass is 16.6. The largest absolute Gasteiger partial charge is 0.449 e. The van der Waals surface area contributed by atoms with Crippen molar-refractivity contribution >= 4 is 6.09 Å². The predicted molar refractivity (Wildman–Crippen MR) is 62.3 cm³/mol. The second-order valence-electron chi connectivity index (χ2n) is 5.45. The van der Waals surface area contributed by atoms with Gasteiger partial charge < -0.3 is 15.0 Å². The standard InChI is InChI=1S/C12H22N2O2/c1-8(2)7-16-12(15)14-9(3)4-10-5-13-6-11(10)14/h8-11,13H,4-7H2,1-3H3/t9-,10-,11-/m1/s1. The van der Waals surface area contributed by atoms with E-state index in [2.05, 4.69) is 26.1 Å². The lowest BCUT2D eigenvalue weighted by molar-refractivity contribution is 0.0778. The molecule has 1 N–H and O–H groups in total. The van der Waals surface area contributed by atoms with Gasteiger partial charge in [0.05, 0.1) is 12.6 Å². The number of nitrogens with one attached hydrogen (secondary N) is 1. The molecule has 2 aliphatic rings. The third-order valence-electron chi connectivity index (χ3n) is 3.53. The van der Waals surface area contributed by atoms with Gasteiger partial charge in [0.25, 0.3) is 0 Å². The molecule has 0 radical (unpaired) electrons. The van der Waals surface area contributed by atoms with Crippen LogP contribution >= 0.6 is 0 Å². The van der Waals surface area contributed by atoms with E-state index in [9.17, 15) is 4.79 Å². The van der Waals surface area contributed by atoms with Crippen LogP contribution in [0.15, 0.2) is 0 Å². The molecule has 0 saturated carbocycles. The van der Waals surface area contributed by atoms with Gasteiger partial charge >= 0.3 is 6.09 Å². The summed E-state index contributed by atoms with van der Waals surface area (Å²) >= 11 is 0. The van der Waals surface area contributed by atoms with E-state index in [1.165, 1.54) is 0 Å². The summed E-state index contributed by atoms with van der Waals surface area (Å²) in [5.41, 5.74) is 0. The van der Waals surface area contributed by atoms with Crippen molar-refractivity contribution < 1.29 is 9.53 Å². The van der Waals surface area contributed by atoms with Crippen molar-refractivity contribution in [2.75, 3.05) is 19.7 Å². The number of nitrogens with zero attached hydrogens (tertiary/aromatic N) is 1. The monoisotopic (exact) mass is 226 g/mol. The molecule has 2 aliphatic heterocycles. The fourth-order valence-corrected chi connectivity index (χ4v) is 2.79. The summed E-state index contributed by atoms with van der Waals surface area (Å²) in [5, 5.41) is 3.35. The molecule has 0 unspecified atom stereocenters. The Morgan fingerprint density at radius 3 is 2.94 bits per heavy atom. The van der Waals surface area contributed by atoms with E-state index >= 15 is 0 Å². The lowest BCUT2D eigenvalue weighted by Gasteiger charge is -2.27. The van der Waals surface area contributed by atoms with Crippen molar-refractivity contribution in [1.29, 1.82) is 0 Å². The maximum absolute atomic E-state index is 12.0. The van der Waals surface area contributed by atoms with E-state index in [4.69, 9.17) is 4.74 Å². The van der Waals surface area contributed by atoms with Crippen molar-refractivity contribution in [3.05, 3.63) is 0 Å². The minimum atomic E-state index is -0.127. The fraction of sp³-hybridized carbons (Fsp3) is 0.917. The van der Waals surface area contributed by atoms with Gasteiger partial charge in [0.15, 0.2) is 0 Å². The van der Waals surface area contributed by atoms with Crippen molar-refractivity contribution in [2.24, 2.45) is 11.8 Å². The van der Waals surface area contributed by atoms with Gasteiger partial charge in [0.1, 0.15) is 0 Å². The summed E-state index contributed by atoms with van der Waals surface area (Å²) in [7, 11) is 0. The zero-order valence-electron chi connectivity index (χ0n) is 10.4. The van der Waals surface area contributed by atoms with Crippen LogP contribution in [-0.4, -0.2) is 42.8 Å². The topological polar surface area (TPSA) is 41.6 Å². The Bertz CT molecular complexity index is 268. The fourth-order valence-electron chi connectivity index (χ4n) is 2.79. The number of rotatable bonds is 2. The Hall–Kier alpha value is -0.770. The first-order valence-electron chi connectivity index (χ1n) is 6.25. The van der Waals surface area contributed by atoms with E-state index in [0.29, 0.717) is 30.5 Å². The van der Waals surface area contributed by atoms with Gasteiger partial charge in [-0.05, 0) is 25.2 Å². The minimum absolute atomic E-state index is 0.127. The van der Waals surface area contributed by atoms with E-state index in [0.717, 1.165) is 19.5 Å². The molecule has 0 aromatic heterocycles. The summed E-state index contributed by atoms with van der Waals surface area (Å²) < 4.78 is 5.33. The van der Waals surface area contributed by atoms with Crippen LogP contribution in [0.3, 0.4) is 0 Å². The lowest BCUT2D eigenvalue weighted by atomic mass is 10.0. The third kappa shape index (κ3) is 2.17. The van der Waals surface area contributed by atoms with Crippen LogP contribution in [-0.2, 0) is 4.74 Å². The first kappa shape index (κ1) is 11.7. The van der Waals surface area contributed by atoms with Gasteiger partial charge in [-0.15, -0.1) is 0 Å². The van der Waals surface area contributed by atoms with Crippen LogP contribution in [0, 0.1) is 11.8 Å². The molecule has 0 bridgehead atoms. The molecule has 1 amide bonds. The molecule has 2 rings (SSSR count). The van der Waals surface area contributed by atoms with Gasteiger partial charge in [-0.3, -0.25) is 0 Å². The quantitative estimate of drug-likeness (QED) is 0.775. The molecule has 16 heavy (non-hydrogen) atoms. The number of ether oxygens (including phenoxy) is 1. The number of amides is 1. The van der Waals surface area contributed by atoms with Crippen LogP contribution in [0.25, 0.3) is 0 Å². The summed E-state index contributed by atoms with van der Waals surface area (Å²) in [6.45, 7) is 8.72. The Morgan fingerprint density at radius 1 is 1.50 bits per heavy atom. The van der Waals surface area contributed by atoms with Gasteiger partial charge in [-0.25, -0.2) is 4.79 Å². The Labute approximate surface area is 97.3 Å². The zero-order valence-corrected chi connectivity index (χ0v) is 10.4. The second kappa shape index (κ2) is 4.62. The molecule has 3 atom stereocenters. The number of hydrogen-bond donors (Lipinski definition) is 1. The minimum Gasteiger partial charge on any atom is -0.449 e. The van der Waals surface area contributed by atoms with E-state index in [1.807, 2.05) is 4.90 Å². The van der Waals surface area contributed by atoms with Crippen LogP contribution in [0.5, 0.6) is 0 Å². The second-order valence-corrected chi connectivity index (χ2v) is 5.45. The third-order valence-corrected chi connectivity index (χ3v) is 3.53. The van der Waals surface area contributed by atoms with Gasteiger partial charge in [-0.2, -0.15) is 0 Å². The molecule has 2 fully saturated rings. The molecule has 0 spiro atoms. The number of fused-ring (bicyclic) bond motifs is 1. The van der Waals surface area contributed by atoms with E-state index in [-0.39, 0.29) is 6.09 Å². The maximum atomic E-state index is 12.0. The molecular weight excluding hydrogens is 204 g/mol. The Balaban J connectivity index is 1.94. The van der Waals surface area contributed by atoms with E-state index in [1.54, 1.807) is 0 Å². The van der Waals surface area contributed by atoms with Crippen LogP contribution < -0.4 is 5.32 Å². The average Bonchev–Trinajstić information content (AvgIpc) is 2.73. The highest BCUT2D eigenvalue weighted by Gasteiger charge is 2.44. The summed E-state index contributed by atoms with van der Waals surface area (Å²) in [6.07, 6.45) is 0.978. The number of carbonyl (C=O) groups excluding carboxylic acids is 1. The molecular formula is C12H22N2O2. The summed E-state index contributed by atoms with van der Waals surface area (Å²) in [5.74, 6) is 1.03. The smallest absolute Gasteiger partial charge is 0.410 e. The molecule has 4 nitrogen and oxygen atoms in total. The normalized spacial score (nSPS) is 33.2. The highest BCUT2D eigenvalue weighted by Crippen LogP contribution is 2.32. The molecule has 0 aromatic rings. The van der Waals surface area contributed by atoms with Crippen molar-refractivity contribution in [1.82, 2.24) is 10.2 Å². The molecule has 2 heterocycles. The number of hydrogen-bond acceptors (Lipinski definition) is 3. The van der Waals surface area contributed by atoms with Crippen molar-refractivity contribution in [3.63, 3.8) is 0 Å². The molecule has 0 aromatic carbocycles. The molecule has 92 valence electrons. The molecule has 0 aliphatic carbocycles. The SMILES string of the molecule is CC(C)COC(=O)N1[C@H](C)C[C@@H]2CNC[C@H]21. The lowest BCUT2D eigenvalue weighted by Crippen LogP contribution is -2.43. The average molecular weight is 226 g/mol. The first-order valence-corrected chi connectivity index (χ1v) is 6.25. The van der Waals surface area contributed by atoms with Crippen LogP contribution in [0.4, 0.5) is 4.79 Å². The Kier molecular flexibility index (Phi) is 3.38. The van der Waals surface area contributed by atoms with Crippen molar-refractivity contribution in [2.45, 2.75) is 39.3 Å².